The van der Waals surface area contributed by atoms with Gasteiger partial charge in [0.15, 0.2) is 0 Å². The summed E-state index contributed by atoms with van der Waals surface area (Å²) < 4.78 is 15.8. The van der Waals surface area contributed by atoms with E-state index >= 15 is 4.39 Å². The minimum absolute atomic E-state index is 0. The highest BCUT2D eigenvalue weighted by Crippen LogP contribution is 2.48. The van der Waals surface area contributed by atoms with Crippen LogP contribution in [0.5, 0.6) is 0 Å². The molecule has 0 unspecified atom stereocenters. The monoisotopic (exact) mass is 697 g/mol. The molecule has 49 heavy (non-hydrogen) atoms. The van der Waals surface area contributed by atoms with Crippen LogP contribution < -0.4 is 5.32 Å². The lowest BCUT2D eigenvalue weighted by molar-refractivity contribution is -0.137. The van der Waals surface area contributed by atoms with Crippen LogP contribution in [0.4, 0.5) is 14.9 Å². The highest BCUT2D eigenvalue weighted by Gasteiger charge is 2.44. The molecule has 4 aliphatic heterocycles. The third-order valence-electron chi connectivity index (χ3n) is 11.0. The molecule has 272 valence electrons. The SMILES string of the molecule is CC(C)N1CCC(c2c(F)cccc2[C@H]2S[C@@H](CC(=O)N3CCC(N4CCc5ccccc5NC4=O)CC3)C(=O)N2CCC(C)(C)C)CC1.[HH].[HH].[HH]. The van der Waals surface area contributed by atoms with Crippen molar-refractivity contribution in [3.05, 3.63) is 65.0 Å². The van der Waals surface area contributed by atoms with Crippen molar-refractivity contribution in [3.63, 3.8) is 0 Å². The Morgan fingerprint density at radius 3 is 2.39 bits per heavy atom. The summed E-state index contributed by atoms with van der Waals surface area (Å²) in [6.07, 6.45) is 4.96. The standard InChI is InChI=1S/C39H54FN5O3S.3H2/c1-26(2)42-19-13-28(14-20-42)35-30(10-8-11-31(35)40)37-45(24-18-39(3,4)5)36(47)33(49-37)25-34(46)43-21-16-29(17-22-43)44-23-15-27-9-6-7-12-32(27)41-38(44)48;;;/h6-12,26,28-29,33,37H,13-25H2,1-5H3,(H,41,48);3*1H/t33-,37+;;;/m0.../s1. The van der Waals surface area contributed by atoms with Crippen molar-refractivity contribution in [2.75, 3.05) is 44.6 Å². The third-order valence-corrected chi connectivity index (χ3v) is 12.5. The molecule has 6 rings (SSSR count). The van der Waals surface area contributed by atoms with Gasteiger partial charge in [-0.3, -0.25) is 9.59 Å². The van der Waals surface area contributed by atoms with Crippen molar-refractivity contribution in [2.24, 2.45) is 5.41 Å². The first-order chi connectivity index (χ1) is 23.4. The molecule has 0 radical (unpaired) electrons. The van der Waals surface area contributed by atoms with E-state index in [1.54, 1.807) is 12.1 Å². The number of benzene rings is 2. The molecule has 8 nitrogen and oxygen atoms in total. The van der Waals surface area contributed by atoms with Crippen LogP contribution in [-0.2, 0) is 16.0 Å². The number of nitrogens with zero attached hydrogens (tertiary/aromatic N) is 4. The predicted molar refractivity (Wildman–Crippen MR) is 201 cm³/mol. The predicted octanol–water partition coefficient (Wildman–Crippen LogP) is 8.00. The minimum atomic E-state index is -0.510. The maximum Gasteiger partial charge on any atom is 0.322 e. The second-order valence-corrected chi connectivity index (χ2v) is 17.1. The summed E-state index contributed by atoms with van der Waals surface area (Å²) in [6.45, 7) is 15.1. The number of carbonyl (C=O) groups excluding carboxylic acids is 3. The third kappa shape index (κ3) is 8.11. The first kappa shape index (κ1) is 35.7. The zero-order valence-electron chi connectivity index (χ0n) is 29.9. The van der Waals surface area contributed by atoms with E-state index in [1.807, 2.05) is 39.0 Å². The number of piperidine rings is 2. The molecular weight excluding hydrogens is 638 g/mol. The Hall–Kier alpha value is -3.11. The normalized spacial score (nSPS) is 23.2. The van der Waals surface area contributed by atoms with Crippen molar-refractivity contribution in [2.45, 2.75) is 108 Å². The van der Waals surface area contributed by atoms with Gasteiger partial charge in [-0.15, -0.1) is 11.8 Å². The lowest BCUT2D eigenvalue weighted by atomic mass is 9.85. The number of fused-ring (bicyclic) bond motifs is 1. The number of amides is 4. The Labute approximate surface area is 300 Å². The van der Waals surface area contributed by atoms with Crippen molar-refractivity contribution >= 4 is 35.3 Å². The fraction of sp³-hybridized carbons (Fsp3) is 0.615. The van der Waals surface area contributed by atoms with Crippen LogP contribution in [0.25, 0.3) is 0 Å². The Bertz CT molecular complexity index is 1530. The second-order valence-electron chi connectivity index (χ2n) is 15.8. The maximum absolute atomic E-state index is 15.8. The largest absolute Gasteiger partial charge is 0.342 e. The van der Waals surface area contributed by atoms with Crippen molar-refractivity contribution in [3.8, 4) is 0 Å². The molecular formula is C39H60FN5O3S. The zero-order valence-corrected chi connectivity index (χ0v) is 30.7. The Morgan fingerprint density at radius 1 is 0.980 bits per heavy atom. The smallest absolute Gasteiger partial charge is 0.322 e. The Kier molecular flexibility index (Phi) is 10.9. The topological polar surface area (TPSA) is 76.2 Å². The molecule has 10 heteroatoms. The van der Waals surface area contributed by atoms with Gasteiger partial charge in [0.1, 0.15) is 11.2 Å². The van der Waals surface area contributed by atoms with Gasteiger partial charge in [-0.2, -0.15) is 0 Å². The van der Waals surface area contributed by atoms with Gasteiger partial charge in [0, 0.05) is 54.7 Å². The summed E-state index contributed by atoms with van der Waals surface area (Å²) >= 11 is 1.53. The van der Waals surface area contributed by atoms with E-state index in [-0.39, 0.29) is 57.1 Å². The number of nitrogens with one attached hydrogen (secondary N) is 1. The number of thioether (sulfide) groups is 1. The first-order valence-electron chi connectivity index (χ1n) is 18.3. The second kappa shape index (κ2) is 15.0. The average Bonchev–Trinajstić information content (AvgIpc) is 3.27. The quantitative estimate of drug-likeness (QED) is 0.303. The number of likely N-dealkylation sites (tertiary alicyclic amines) is 2. The van der Waals surface area contributed by atoms with Gasteiger partial charge in [0.2, 0.25) is 11.8 Å². The number of para-hydroxylation sites is 1. The molecule has 4 heterocycles. The molecule has 1 N–H and O–H groups in total. The minimum Gasteiger partial charge on any atom is -0.342 e. The van der Waals surface area contributed by atoms with E-state index in [4.69, 9.17) is 0 Å². The average molecular weight is 698 g/mol. The lowest BCUT2D eigenvalue weighted by Crippen LogP contribution is -2.50. The summed E-state index contributed by atoms with van der Waals surface area (Å²) in [6, 6.07) is 13.7. The van der Waals surface area contributed by atoms with Gasteiger partial charge in [0.05, 0.1) is 5.25 Å². The molecule has 3 saturated heterocycles. The highest BCUT2D eigenvalue weighted by atomic mass is 32.2. The van der Waals surface area contributed by atoms with E-state index in [0.717, 1.165) is 61.2 Å². The summed E-state index contributed by atoms with van der Waals surface area (Å²) in [5.74, 6) is -0.121. The number of hydrogen-bond acceptors (Lipinski definition) is 5. The molecule has 0 saturated carbocycles. The zero-order chi connectivity index (χ0) is 34.9. The molecule has 4 amide bonds. The molecule has 2 aromatic carbocycles. The summed E-state index contributed by atoms with van der Waals surface area (Å²) in [7, 11) is 0. The molecule has 2 aromatic rings. The molecule has 0 bridgehead atoms. The fourth-order valence-electron chi connectivity index (χ4n) is 8.00. The Morgan fingerprint density at radius 2 is 1.69 bits per heavy atom. The molecule has 0 spiro atoms. The summed E-state index contributed by atoms with van der Waals surface area (Å²) in [5, 5.41) is 2.24. The molecule has 3 fully saturated rings. The van der Waals surface area contributed by atoms with Gasteiger partial charge in [-0.25, -0.2) is 9.18 Å². The molecule has 2 atom stereocenters. The molecule has 0 aliphatic carbocycles. The van der Waals surface area contributed by atoms with E-state index < -0.39 is 5.25 Å². The fourth-order valence-corrected chi connectivity index (χ4v) is 9.51. The van der Waals surface area contributed by atoms with E-state index in [1.165, 1.54) is 11.8 Å². The summed E-state index contributed by atoms with van der Waals surface area (Å²) in [5.41, 5.74) is 3.69. The molecule has 0 aromatic heterocycles. The summed E-state index contributed by atoms with van der Waals surface area (Å²) in [4.78, 5) is 49.2. The first-order valence-corrected chi connectivity index (χ1v) is 19.3. The number of urea groups is 1. The van der Waals surface area contributed by atoms with Gasteiger partial charge in [0.25, 0.3) is 0 Å². The molecule has 4 aliphatic rings. The number of carbonyl (C=O) groups is 3. The van der Waals surface area contributed by atoms with Crippen molar-refractivity contribution < 1.29 is 23.1 Å². The van der Waals surface area contributed by atoms with Crippen molar-refractivity contribution in [1.29, 1.82) is 0 Å². The number of anilines is 1. The number of rotatable bonds is 8. The lowest BCUT2D eigenvalue weighted by Gasteiger charge is -2.38. The van der Waals surface area contributed by atoms with Crippen LogP contribution >= 0.6 is 11.8 Å². The van der Waals surface area contributed by atoms with E-state index in [2.05, 4.69) is 50.9 Å². The highest BCUT2D eigenvalue weighted by molar-refractivity contribution is 8.01. The van der Waals surface area contributed by atoms with Gasteiger partial charge in [-0.1, -0.05) is 51.1 Å². The van der Waals surface area contributed by atoms with Crippen LogP contribution in [0.15, 0.2) is 42.5 Å². The van der Waals surface area contributed by atoms with Crippen molar-refractivity contribution in [1.82, 2.24) is 19.6 Å². The maximum atomic E-state index is 15.8. The van der Waals surface area contributed by atoms with Crippen LogP contribution in [0.1, 0.15) is 105 Å². The Balaban J connectivity index is 0.00000243. The van der Waals surface area contributed by atoms with E-state index in [0.29, 0.717) is 45.1 Å². The van der Waals surface area contributed by atoms with Gasteiger partial charge >= 0.3 is 6.03 Å². The van der Waals surface area contributed by atoms with Crippen LogP contribution in [0.3, 0.4) is 0 Å². The number of hydrogen-bond donors (Lipinski definition) is 1. The van der Waals surface area contributed by atoms with Gasteiger partial charge < -0.3 is 24.9 Å². The van der Waals surface area contributed by atoms with Crippen LogP contribution in [-0.4, -0.2) is 94.0 Å². The van der Waals surface area contributed by atoms with Gasteiger partial charge in [-0.05, 0) is 106 Å². The van der Waals surface area contributed by atoms with Crippen LogP contribution in [0.2, 0.25) is 0 Å². The van der Waals surface area contributed by atoms with Crippen LogP contribution in [0, 0.1) is 11.2 Å². The van der Waals surface area contributed by atoms with E-state index in [9.17, 15) is 14.4 Å². The number of halogens is 1.